The second kappa shape index (κ2) is 14.4. The zero-order valence-electron chi connectivity index (χ0n) is 19.1. The van der Waals surface area contributed by atoms with Gasteiger partial charge in [-0.05, 0) is 58.5 Å². The van der Waals surface area contributed by atoms with Gasteiger partial charge >= 0.3 is 0 Å². The van der Waals surface area contributed by atoms with E-state index in [1.165, 1.54) is 25.8 Å². The maximum Gasteiger partial charge on any atom is 0.225 e. The van der Waals surface area contributed by atoms with Crippen molar-refractivity contribution in [3.63, 3.8) is 0 Å². The first kappa shape index (κ1) is 26.5. The van der Waals surface area contributed by atoms with Crippen molar-refractivity contribution in [3.8, 4) is 0 Å². The maximum absolute atomic E-state index is 12.6. The molecule has 1 atom stereocenters. The normalized spacial score (nSPS) is 21.8. The Morgan fingerprint density at radius 1 is 1.03 bits per heavy atom. The molecular weight excluding hydrogens is 477 g/mol. The van der Waals surface area contributed by atoms with E-state index in [-0.39, 0.29) is 29.9 Å². The van der Waals surface area contributed by atoms with Crippen LogP contribution in [0.1, 0.15) is 72.6 Å². The summed E-state index contributed by atoms with van der Waals surface area (Å²) < 4.78 is 0. The van der Waals surface area contributed by atoms with E-state index in [0.29, 0.717) is 18.0 Å². The molecule has 7 heteroatoms. The summed E-state index contributed by atoms with van der Waals surface area (Å²) in [7, 11) is 0. The molecule has 2 aliphatic rings. The summed E-state index contributed by atoms with van der Waals surface area (Å²) in [5.41, 5.74) is 0. The first-order valence-corrected chi connectivity index (χ1v) is 11.7. The molecule has 2 N–H and O–H groups in total. The third-order valence-electron chi connectivity index (χ3n) is 6.44. The van der Waals surface area contributed by atoms with Gasteiger partial charge in [0.25, 0.3) is 0 Å². The van der Waals surface area contributed by atoms with E-state index < -0.39 is 0 Å². The fourth-order valence-electron chi connectivity index (χ4n) is 4.53. The highest BCUT2D eigenvalue weighted by molar-refractivity contribution is 14.0. The second-order valence-corrected chi connectivity index (χ2v) is 8.26. The van der Waals surface area contributed by atoms with Gasteiger partial charge in [-0.3, -0.25) is 14.7 Å². The molecule has 2 saturated heterocycles. The fourth-order valence-corrected chi connectivity index (χ4v) is 4.53. The van der Waals surface area contributed by atoms with Gasteiger partial charge in [0.05, 0.1) is 6.54 Å². The van der Waals surface area contributed by atoms with Crippen LogP contribution in [-0.2, 0) is 4.79 Å². The molecule has 2 heterocycles. The molecule has 1 amide bonds. The predicted molar refractivity (Wildman–Crippen MR) is 133 cm³/mol. The third-order valence-corrected chi connectivity index (χ3v) is 6.44. The number of halogens is 1. The van der Waals surface area contributed by atoms with Crippen LogP contribution in [-0.4, -0.2) is 73.0 Å². The van der Waals surface area contributed by atoms with Crippen LogP contribution in [0.15, 0.2) is 4.99 Å². The number of hydrogen-bond donors (Lipinski definition) is 2. The zero-order chi connectivity index (χ0) is 20.4. The number of likely N-dealkylation sites (N-methyl/N-ethyl adjacent to an activating group) is 1. The largest absolute Gasteiger partial charge is 0.357 e. The number of likely N-dealkylation sites (tertiary alicyclic amines) is 2. The molecule has 6 nitrogen and oxygen atoms in total. The van der Waals surface area contributed by atoms with Crippen molar-refractivity contribution in [1.29, 1.82) is 0 Å². The van der Waals surface area contributed by atoms with E-state index in [1.807, 2.05) is 0 Å². The average Bonchev–Trinajstić information content (AvgIpc) is 2.73. The van der Waals surface area contributed by atoms with Gasteiger partial charge in [0.2, 0.25) is 5.91 Å². The lowest BCUT2D eigenvalue weighted by Crippen LogP contribution is -2.51. The molecule has 29 heavy (non-hydrogen) atoms. The summed E-state index contributed by atoms with van der Waals surface area (Å²) >= 11 is 0. The summed E-state index contributed by atoms with van der Waals surface area (Å²) in [5, 5.41) is 7.04. The summed E-state index contributed by atoms with van der Waals surface area (Å²) in [6.45, 7) is 14.4. The van der Waals surface area contributed by atoms with Crippen molar-refractivity contribution < 1.29 is 4.79 Å². The van der Waals surface area contributed by atoms with Gasteiger partial charge in [0, 0.05) is 37.6 Å². The Morgan fingerprint density at radius 2 is 1.72 bits per heavy atom. The van der Waals surface area contributed by atoms with E-state index in [2.05, 4.69) is 48.1 Å². The van der Waals surface area contributed by atoms with Crippen molar-refractivity contribution in [3.05, 3.63) is 0 Å². The Balaban J connectivity index is 0.00000420. The van der Waals surface area contributed by atoms with E-state index in [0.717, 1.165) is 64.4 Å². The highest BCUT2D eigenvalue weighted by atomic mass is 127. The smallest absolute Gasteiger partial charge is 0.225 e. The van der Waals surface area contributed by atoms with Gasteiger partial charge in [-0.25, -0.2) is 0 Å². The first-order chi connectivity index (χ1) is 13.6. The van der Waals surface area contributed by atoms with Crippen molar-refractivity contribution in [1.82, 2.24) is 20.4 Å². The summed E-state index contributed by atoms with van der Waals surface area (Å²) in [6, 6.07) is 0.978. The lowest BCUT2D eigenvalue weighted by molar-refractivity contribution is -0.136. The van der Waals surface area contributed by atoms with Crippen LogP contribution in [0.3, 0.4) is 0 Å². The predicted octanol–water partition coefficient (Wildman–Crippen LogP) is 3.46. The molecule has 2 fully saturated rings. The zero-order valence-corrected chi connectivity index (χ0v) is 21.4. The highest BCUT2D eigenvalue weighted by Crippen LogP contribution is 2.18. The number of nitrogens with one attached hydrogen (secondary N) is 2. The van der Waals surface area contributed by atoms with Crippen molar-refractivity contribution in [2.45, 2.75) is 84.7 Å². The minimum atomic E-state index is 0. The molecule has 1 unspecified atom stereocenters. The van der Waals surface area contributed by atoms with Crippen molar-refractivity contribution >= 4 is 35.8 Å². The molecule has 0 aliphatic carbocycles. The SMILES string of the molecule is CCNC(=NCC1CCCCN1CC)NC1CCN(C(=O)C(CC)CC)CC1.I. The number of carbonyl (C=O) groups excluding carboxylic acids is 1. The van der Waals surface area contributed by atoms with Gasteiger partial charge in [-0.2, -0.15) is 0 Å². The van der Waals surface area contributed by atoms with Crippen molar-refractivity contribution in [2.24, 2.45) is 10.9 Å². The Bertz CT molecular complexity index is 490. The topological polar surface area (TPSA) is 60.0 Å². The van der Waals surface area contributed by atoms with Crippen LogP contribution in [0, 0.1) is 5.92 Å². The van der Waals surface area contributed by atoms with Crippen LogP contribution in [0.4, 0.5) is 0 Å². The number of piperidine rings is 2. The number of hydrogen-bond acceptors (Lipinski definition) is 3. The molecule has 2 aliphatic heterocycles. The molecule has 0 spiro atoms. The minimum absolute atomic E-state index is 0. The molecule has 0 aromatic heterocycles. The van der Waals surface area contributed by atoms with E-state index in [1.54, 1.807) is 0 Å². The van der Waals surface area contributed by atoms with Gasteiger partial charge in [-0.15, -0.1) is 24.0 Å². The number of guanidine groups is 1. The standard InChI is InChI=1S/C22H43N5O.HI/c1-5-18(6-2)21(28)27-15-12-19(13-16-27)25-22(23-7-3)24-17-20-11-9-10-14-26(20)8-4;/h18-20H,5-17H2,1-4H3,(H2,23,24,25);1H. The van der Waals surface area contributed by atoms with Crippen LogP contribution >= 0.6 is 24.0 Å². The number of rotatable bonds is 8. The average molecular weight is 522 g/mol. The monoisotopic (exact) mass is 521 g/mol. The van der Waals surface area contributed by atoms with E-state index >= 15 is 0 Å². The van der Waals surface area contributed by atoms with E-state index in [4.69, 9.17) is 4.99 Å². The number of aliphatic imine (C=N–C) groups is 1. The molecule has 0 aromatic carbocycles. The molecule has 0 aromatic rings. The second-order valence-electron chi connectivity index (χ2n) is 8.26. The Kier molecular flexibility index (Phi) is 13.2. The van der Waals surface area contributed by atoms with Crippen LogP contribution in [0.25, 0.3) is 0 Å². The summed E-state index contributed by atoms with van der Waals surface area (Å²) in [6.07, 6.45) is 7.79. The lowest BCUT2D eigenvalue weighted by Gasteiger charge is -2.35. The number of amides is 1. The molecule has 0 bridgehead atoms. The van der Waals surface area contributed by atoms with Gasteiger partial charge < -0.3 is 15.5 Å². The summed E-state index contributed by atoms with van der Waals surface area (Å²) in [4.78, 5) is 22.1. The Morgan fingerprint density at radius 3 is 2.31 bits per heavy atom. The quantitative estimate of drug-likeness (QED) is 0.292. The Labute approximate surface area is 195 Å². The van der Waals surface area contributed by atoms with Gasteiger partial charge in [-0.1, -0.05) is 27.2 Å². The maximum atomic E-state index is 12.6. The lowest BCUT2D eigenvalue weighted by atomic mass is 9.98. The minimum Gasteiger partial charge on any atom is -0.357 e. The highest BCUT2D eigenvalue weighted by Gasteiger charge is 2.27. The number of carbonyl (C=O) groups is 1. The molecular formula is C22H44IN5O. The van der Waals surface area contributed by atoms with Gasteiger partial charge in [0.1, 0.15) is 0 Å². The van der Waals surface area contributed by atoms with Crippen molar-refractivity contribution in [2.75, 3.05) is 39.3 Å². The van der Waals surface area contributed by atoms with Crippen LogP contribution in [0.5, 0.6) is 0 Å². The molecule has 2 rings (SSSR count). The molecule has 0 saturated carbocycles. The number of nitrogens with zero attached hydrogens (tertiary/aromatic N) is 3. The van der Waals surface area contributed by atoms with Crippen LogP contribution < -0.4 is 10.6 Å². The van der Waals surface area contributed by atoms with E-state index in [9.17, 15) is 4.79 Å². The summed E-state index contributed by atoms with van der Waals surface area (Å²) in [5.74, 6) is 1.48. The van der Waals surface area contributed by atoms with Crippen LogP contribution in [0.2, 0.25) is 0 Å². The van der Waals surface area contributed by atoms with Gasteiger partial charge in [0.15, 0.2) is 5.96 Å². The molecule has 0 radical (unpaired) electrons. The first-order valence-electron chi connectivity index (χ1n) is 11.7. The fraction of sp³-hybridized carbons (Fsp3) is 0.909. The Hall–Kier alpha value is -0.570. The molecule has 170 valence electrons. The third kappa shape index (κ3) is 8.23.